The number of ether oxygens (including phenoxy) is 1. The molecule has 0 aromatic carbocycles. The first kappa shape index (κ1) is 13.0. The summed E-state index contributed by atoms with van der Waals surface area (Å²) in [5.74, 6) is -1.01. The number of carboxylic acids is 1. The SMILES string of the molecule is COC(=O)c1ccc(C=Cc2ncc(C(=O)O)s2)o1. The largest absolute Gasteiger partial charge is 0.477 e. The van der Waals surface area contributed by atoms with Crippen molar-refractivity contribution in [3.05, 3.63) is 39.7 Å². The molecule has 0 fully saturated rings. The van der Waals surface area contributed by atoms with Gasteiger partial charge in [0.1, 0.15) is 15.6 Å². The molecule has 98 valence electrons. The number of thiazole rings is 1. The van der Waals surface area contributed by atoms with E-state index in [2.05, 4.69) is 9.72 Å². The Balaban J connectivity index is 2.11. The molecule has 0 saturated carbocycles. The summed E-state index contributed by atoms with van der Waals surface area (Å²) < 4.78 is 9.72. The molecule has 2 rings (SSSR count). The minimum absolute atomic E-state index is 0.104. The normalized spacial score (nSPS) is 10.8. The van der Waals surface area contributed by atoms with Crippen LogP contribution in [0.25, 0.3) is 12.2 Å². The summed E-state index contributed by atoms with van der Waals surface area (Å²) in [5.41, 5.74) is 0. The second-order valence-electron chi connectivity index (χ2n) is 3.39. The number of esters is 1. The van der Waals surface area contributed by atoms with Crippen LogP contribution in [-0.4, -0.2) is 29.1 Å². The van der Waals surface area contributed by atoms with Crippen molar-refractivity contribution in [1.82, 2.24) is 4.98 Å². The van der Waals surface area contributed by atoms with Crippen molar-refractivity contribution in [3.8, 4) is 0 Å². The lowest BCUT2D eigenvalue weighted by molar-refractivity contribution is 0.0564. The first-order valence-corrected chi connectivity index (χ1v) is 5.97. The molecule has 7 heteroatoms. The molecule has 0 amide bonds. The summed E-state index contributed by atoms with van der Waals surface area (Å²) in [6.07, 6.45) is 4.49. The van der Waals surface area contributed by atoms with E-state index in [0.717, 1.165) is 11.3 Å². The van der Waals surface area contributed by atoms with Gasteiger partial charge in [-0.2, -0.15) is 0 Å². The Kier molecular flexibility index (Phi) is 3.76. The van der Waals surface area contributed by atoms with E-state index in [4.69, 9.17) is 9.52 Å². The molecule has 0 unspecified atom stereocenters. The zero-order valence-corrected chi connectivity index (χ0v) is 10.6. The maximum Gasteiger partial charge on any atom is 0.373 e. The lowest BCUT2D eigenvalue weighted by Gasteiger charge is -1.91. The average molecular weight is 279 g/mol. The Hall–Kier alpha value is -2.41. The number of aromatic carboxylic acids is 1. The van der Waals surface area contributed by atoms with E-state index in [1.807, 2.05) is 0 Å². The number of rotatable bonds is 4. The van der Waals surface area contributed by atoms with Gasteiger partial charge in [0.15, 0.2) is 0 Å². The average Bonchev–Trinajstić information content (AvgIpc) is 3.04. The van der Waals surface area contributed by atoms with E-state index in [1.54, 1.807) is 18.2 Å². The predicted octanol–water partition coefficient (Wildman–Crippen LogP) is 2.39. The Morgan fingerprint density at radius 1 is 1.42 bits per heavy atom. The predicted molar refractivity (Wildman–Crippen MR) is 68.0 cm³/mol. The molecule has 19 heavy (non-hydrogen) atoms. The lowest BCUT2D eigenvalue weighted by atomic mass is 10.4. The van der Waals surface area contributed by atoms with Gasteiger partial charge < -0.3 is 14.3 Å². The number of carbonyl (C=O) groups is 2. The number of carbonyl (C=O) groups excluding carboxylic acids is 1. The highest BCUT2D eigenvalue weighted by atomic mass is 32.1. The maximum absolute atomic E-state index is 11.2. The van der Waals surface area contributed by atoms with Crippen molar-refractivity contribution in [1.29, 1.82) is 0 Å². The molecule has 2 heterocycles. The van der Waals surface area contributed by atoms with Crippen molar-refractivity contribution in [3.63, 3.8) is 0 Å². The topological polar surface area (TPSA) is 89.6 Å². The number of hydrogen-bond acceptors (Lipinski definition) is 6. The van der Waals surface area contributed by atoms with Gasteiger partial charge >= 0.3 is 11.9 Å². The van der Waals surface area contributed by atoms with Crippen LogP contribution >= 0.6 is 11.3 Å². The minimum atomic E-state index is -1.01. The fourth-order valence-electron chi connectivity index (χ4n) is 1.27. The van der Waals surface area contributed by atoms with Gasteiger partial charge in [-0.3, -0.25) is 0 Å². The Morgan fingerprint density at radius 3 is 2.84 bits per heavy atom. The number of furan rings is 1. The molecule has 6 nitrogen and oxygen atoms in total. The third-order valence-electron chi connectivity index (χ3n) is 2.14. The molecular formula is C12H9NO5S. The van der Waals surface area contributed by atoms with Gasteiger partial charge in [0.25, 0.3) is 0 Å². The molecule has 0 aliphatic heterocycles. The monoisotopic (exact) mass is 279 g/mol. The Morgan fingerprint density at radius 2 is 2.21 bits per heavy atom. The summed E-state index contributed by atoms with van der Waals surface area (Å²) in [5, 5.41) is 9.29. The number of aromatic nitrogens is 1. The Bertz CT molecular complexity index is 640. The van der Waals surface area contributed by atoms with Crippen LogP contribution in [0.3, 0.4) is 0 Å². The van der Waals surface area contributed by atoms with Gasteiger partial charge in [-0.1, -0.05) is 0 Å². The van der Waals surface area contributed by atoms with Crippen molar-refractivity contribution < 1.29 is 23.8 Å². The van der Waals surface area contributed by atoms with Crippen molar-refractivity contribution in [2.24, 2.45) is 0 Å². The van der Waals surface area contributed by atoms with Gasteiger partial charge in [-0.25, -0.2) is 14.6 Å². The van der Waals surface area contributed by atoms with E-state index in [1.165, 1.54) is 19.4 Å². The second kappa shape index (κ2) is 5.49. The first-order chi connectivity index (χ1) is 9.10. The van der Waals surface area contributed by atoms with Crippen LogP contribution in [0.4, 0.5) is 0 Å². The summed E-state index contributed by atoms with van der Waals surface area (Å²) in [4.78, 5) is 25.9. The lowest BCUT2D eigenvalue weighted by Crippen LogP contribution is -1.98. The molecule has 0 bridgehead atoms. The summed E-state index contributed by atoms with van der Waals surface area (Å²) in [7, 11) is 1.27. The maximum atomic E-state index is 11.2. The third-order valence-corrected chi connectivity index (χ3v) is 3.09. The molecule has 0 aliphatic rings. The molecule has 2 aromatic rings. The number of methoxy groups -OCH3 is 1. The van der Waals surface area contributed by atoms with Crippen LogP contribution in [0.1, 0.15) is 31.0 Å². The molecule has 0 radical (unpaired) electrons. The van der Waals surface area contributed by atoms with Crippen LogP contribution in [0.15, 0.2) is 22.7 Å². The first-order valence-electron chi connectivity index (χ1n) is 5.15. The zero-order valence-electron chi connectivity index (χ0n) is 9.82. The van der Waals surface area contributed by atoms with E-state index < -0.39 is 11.9 Å². The fourth-order valence-corrected chi connectivity index (χ4v) is 1.93. The van der Waals surface area contributed by atoms with Crippen LogP contribution < -0.4 is 0 Å². The number of carboxylic acid groups (broad SMARTS) is 1. The number of hydrogen-bond donors (Lipinski definition) is 1. The minimum Gasteiger partial charge on any atom is -0.477 e. The summed E-state index contributed by atoms with van der Waals surface area (Å²) in [6, 6.07) is 3.10. The molecule has 2 aromatic heterocycles. The van der Waals surface area contributed by atoms with Crippen molar-refractivity contribution in [2.45, 2.75) is 0 Å². The summed E-state index contributed by atoms with van der Waals surface area (Å²) in [6.45, 7) is 0. The van der Waals surface area contributed by atoms with Crippen LogP contribution in [0, 0.1) is 0 Å². The highest BCUT2D eigenvalue weighted by molar-refractivity contribution is 7.14. The zero-order chi connectivity index (χ0) is 13.8. The second-order valence-corrected chi connectivity index (χ2v) is 4.46. The molecule has 0 saturated heterocycles. The van der Waals surface area contributed by atoms with Gasteiger partial charge in [-0.15, -0.1) is 11.3 Å². The van der Waals surface area contributed by atoms with Gasteiger partial charge in [0.05, 0.1) is 13.3 Å². The summed E-state index contributed by atoms with van der Waals surface area (Å²) >= 11 is 1.05. The standard InChI is InChI=1S/C12H9NO5S/c1-17-12(16)8-4-2-7(18-8)3-5-10-13-6-9(19-10)11(14)15/h2-6H,1H3,(H,14,15). The van der Waals surface area contributed by atoms with Crippen molar-refractivity contribution >= 4 is 35.4 Å². The molecular weight excluding hydrogens is 270 g/mol. The molecule has 0 aliphatic carbocycles. The van der Waals surface area contributed by atoms with Crippen LogP contribution in [0.2, 0.25) is 0 Å². The van der Waals surface area contributed by atoms with E-state index >= 15 is 0 Å². The van der Waals surface area contributed by atoms with Crippen LogP contribution in [-0.2, 0) is 4.74 Å². The van der Waals surface area contributed by atoms with Gasteiger partial charge in [0.2, 0.25) is 5.76 Å². The highest BCUT2D eigenvalue weighted by Crippen LogP contribution is 2.17. The van der Waals surface area contributed by atoms with E-state index in [0.29, 0.717) is 10.8 Å². The number of nitrogens with zero attached hydrogens (tertiary/aromatic N) is 1. The highest BCUT2D eigenvalue weighted by Gasteiger charge is 2.10. The van der Waals surface area contributed by atoms with Gasteiger partial charge in [-0.05, 0) is 24.3 Å². The van der Waals surface area contributed by atoms with Gasteiger partial charge in [0, 0.05) is 0 Å². The fraction of sp³-hybridized carbons (Fsp3) is 0.0833. The Labute approximate surface area is 112 Å². The molecule has 0 spiro atoms. The van der Waals surface area contributed by atoms with Crippen LogP contribution in [0.5, 0.6) is 0 Å². The molecule has 1 N–H and O–H groups in total. The smallest absolute Gasteiger partial charge is 0.373 e. The quantitative estimate of drug-likeness (QED) is 0.864. The molecule has 0 atom stereocenters. The van der Waals surface area contributed by atoms with E-state index in [9.17, 15) is 9.59 Å². The van der Waals surface area contributed by atoms with Crippen molar-refractivity contribution in [2.75, 3.05) is 7.11 Å². The third kappa shape index (κ3) is 3.08. The van der Waals surface area contributed by atoms with E-state index in [-0.39, 0.29) is 10.6 Å².